The summed E-state index contributed by atoms with van der Waals surface area (Å²) in [6.07, 6.45) is 0. The van der Waals surface area contributed by atoms with Crippen molar-refractivity contribution < 1.29 is 13.3 Å². The molecule has 116 valence electrons. The summed E-state index contributed by atoms with van der Waals surface area (Å²) in [7, 11) is -3.80. The van der Waals surface area contributed by atoms with E-state index in [1.807, 2.05) is 31.2 Å². The minimum absolute atomic E-state index is 0.113. The van der Waals surface area contributed by atoms with Crippen molar-refractivity contribution >= 4 is 15.7 Å². The van der Waals surface area contributed by atoms with Crippen molar-refractivity contribution in [2.24, 2.45) is 0 Å². The minimum Gasteiger partial charge on any atom is -0.258 e. The maximum Gasteiger partial charge on any atom is 0.273 e. The van der Waals surface area contributed by atoms with E-state index in [9.17, 15) is 18.5 Å². The lowest BCUT2D eigenvalue weighted by Gasteiger charge is -2.09. The molecule has 0 amide bonds. The molecule has 0 aliphatic heterocycles. The number of rotatable bonds is 5. The molecule has 6 nitrogen and oxygen atoms in total. The Morgan fingerprint density at radius 1 is 1.09 bits per heavy atom. The SMILES string of the molecule is Cc1ccccc1CNS(=O)(=O)c1ccc(C)c([N+](=O)[O-])c1. The molecule has 0 radical (unpaired) electrons. The van der Waals surface area contributed by atoms with Crippen LogP contribution in [0.4, 0.5) is 5.69 Å². The molecule has 1 N–H and O–H groups in total. The second-order valence-corrected chi connectivity index (χ2v) is 6.72. The Hall–Kier alpha value is -2.25. The molecule has 0 unspecified atom stereocenters. The minimum atomic E-state index is -3.80. The molecule has 0 heterocycles. The summed E-state index contributed by atoms with van der Waals surface area (Å²) in [6.45, 7) is 3.59. The van der Waals surface area contributed by atoms with Crippen molar-refractivity contribution in [1.29, 1.82) is 0 Å². The Morgan fingerprint density at radius 3 is 2.41 bits per heavy atom. The topological polar surface area (TPSA) is 89.3 Å². The molecule has 0 saturated carbocycles. The van der Waals surface area contributed by atoms with E-state index in [0.29, 0.717) is 5.56 Å². The van der Waals surface area contributed by atoms with Gasteiger partial charge in [-0.3, -0.25) is 10.1 Å². The number of nitro groups is 1. The Balaban J connectivity index is 2.26. The van der Waals surface area contributed by atoms with E-state index in [1.165, 1.54) is 12.1 Å². The van der Waals surface area contributed by atoms with Gasteiger partial charge in [0.15, 0.2) is 0 Å². The van der Waals surface area contributed by atoms with Gasteiger partial charge < -0.3 is 0 Å². The van der Waals surface area contributed by atoms with Crippen molar-refractivity contribution in [3.8, 4) is 0 Å². The quantitative estimate of drug-likeness (QED) is 0.677. The van der Waals surface area contributed by atoms with E-state index in [1.54, 1.807) is 6.92 Å². The third-order valence-electron chi connectivity index (χ3n) is 3.40. The number of nitrogens with zero attached hydrogens (tertiary/aromatic N) is 1. The van der Waals surface area contributed by atoms with E-state index in [4.69, 9.17) is 0 Å². The van der Waals surface area contributed by atoms with E-state index in [0.717, 1.165) is 17.2 Å². The Morgan fingerprint density at radius 2 is 1.77 bits per heavy atom. The van der Waals surface area contributed by atoms with E-state index < -0.39 is 14.9 Å². The van der Waals surface area contributed by atoms with Crippen LogP contribution in [0.5, 0.6) is 0 Å². The zero-order valence-electron chi connectivity index (χ0n) is 12.2. The number of nitrogens with one attached hydrogen (secondary N) is 1. The number of nitro benzene ring substituents is 1. The van der Waals surface area contributed by atoms with Crippen molar-refractivity contribution in [3.63, 3.8) is 0 Å². The highest BCUT2D eigenvalue weighted by Gasteiger charge is 2.19. The van der Waals surface area contributed by atoms with Crippen LogP contribution in [0.15, 0.2) is 47.4 Å². The van der Waals surface area contributed by atoms with E-state index in [2.05, 4.69) is 4.72 Å². The maximum atomic E-state index is 12.3. The van der Waals surface area contributed by atoms with Gasteiger partial charge in [-0.25, -0.2) is 13.1 Å². The molecule has 0 aliphatic rings. The van der Waals surface area contributed by atoms with Gasteiger partial charge in [0.25, 0.3) is 5.69 Å². The molecule has 2 aromatic carbocycles. The third kappa shape index (κ3) is 3.49. The summed E-state index contributed by atoms with van der Waals surface area (Å²) >= 11 is 0. The number of hydrogen-bond donors (Lipinski definition) is 1. The highest BCUT2D eigenvalue weighted by molar-refractivity contribution is 7.89. The number of hydrogen-bond acceptors (Lipinski definition) is 4. The average Bonchev–Trinajstić information content (AvgIpc) is 2.46. The van der Waals surface area contributed by atoms with Gasteiger partial charge in [0.1, 0.15) is 0 Å². The van der Waals surface area contributed by atoms with Crippen molar-refractivity contribution in [2.45, 2.75) is 25.3 Å². The van der Waals surface area contributed by atoms with E-state index in [-0.39, 0.29) is 17.1 Å². The smallest absolute Gasteiger partial charge is 0.258 e. The fourth-order valence-corrected chi connectivity index (χ4v) is 3.04. The summed E-state index contributed by atoms with van der Waals surface area (Å²) in [5, 5.41) is 10.9. The molecule has 0 atom stereocenters. The van der Waals surface area contributed by atoms with Crippen LogP contribution in [0.1, 0.15) is 16.7 Å². The van der Waals surface area contributed by atoms with Gasteiger partial charge in [0.05, 0.1) is 9.82 Å². The zero-order chi connectivity index (χ0) is 16.3. The third-order valence-corrected chi connectivity index (χ3v) is 4.80. The van der Waals surface area contributed by atoms with Crippen LogP contribution in [0.2, 0.25) is 0 Å². The van der Waals surface area contributed by atoms with E-state index >= 15 is 0 Å². The second-order valence-electron chi connectivity index (χ2n) is 4.96. The van der Waals surface area contributed by atoms with Gasteiger partial charge in [-0.2, -0.15) is 0 Å². The Labute approximate surface area is 129 Å². The fourth-order valence-electron chi connectivity index (χ4n) is 2.02. The molecular formula is C15H16N2O4S. The highest BCUT2D eigenvalue weighted by atomic mass is 32.2. The summed E-state index contributed by atoms with van der Waals surface area (Å²) in [6, 6.07) is 11.3. The molecule has 0 saturated heterocycles. The Kier molecular flexibility index (Phi) is 4.58. The van der Waals surface area contributed by atoms with Crippen LogP contribution in [0, 0.1) is 24.0 Å². The fraction of sp³-hybridized carbons (Fsp3) is 0.200. The van der Waals surface area contributed by atoms with Crippen molar-refractivity contribution in [2.75, 3.05) is 0 Å². The normalized spacial score (nSPS) is 11.4. The molecule has 0 aromatic heterocycles. The molecule has 2 rings (SSSR count). The van der Waals surface area contributed by atoms with Crippen LogP contribution in [-0.2, 0) is 16.6 Å². The summed E-state index contributed by atoms with van der Waals surface area (Å²) < 4.78 is 27.0. The number of benzene rings is 2. The van der Waals surface area contributed by atoms with Crippen LogP contribution < -0.4 is 4.72 Å². The van der Waals surface area contributed by atoms with Crippen LogP contribution in [-0.4, -0.2) is 13.3 Å². The first-order chi connectivity index (χ1) is 10.3. The standard InChI is InChI=1S/C15H16N2O4S/c1-11-5-3-4-6-13(11)10-16-22(20,21)14-8-7-12(2)15(9-14)17(18)19/h3-9,16H,10H2,1-2H3. The second kappa shape index (κ2) is 6.25. The average molecular weight is 320 g/mol. The van der Waals surface area contributed by atoms with Gasteiger partial charge in [-0.05, 0) is 31.0 Å². The van der Waals surface area contributed by atoms with Crippen LogP contribution in [0.25, 0.3) is 0 Å². The van der Waals surface area contributed by atoms with Gasteiger partial charge in [-0.15, -0.1) is 0 Å². The largest absolute Gasteiger partial charge is 0.273 e. The first-order valence-corrected chi connectivity index (χ1v) is 8.09. The molecule has 22 heavy (non-hydrogen) atoms. The van der Waals surface area contributed by atoms with Crippen molar-refractivity contribution in [3.05, 3.63) is 69.3 Å². The lowest BCUT2D eigenvalue weighted by atomic mass is 10.1. The van der Waals surface area contributed by atoms with Gasteiger partial charge in [-0.1, -0.05) is 30.3 Å². The molecule has 0 bridgehead atoms. The number of sulfonamides is 1. The van der Waals surface area contributed by atoms with Gasteiger partial charge in [0.2, 0.25) is 10.0 Å². The molecule has 2 aromatic rings. The summed E-state index contributed by atoms with van der Waals surface area (Å²) in [5.74, 6) is 0. The highest BCUT2D eigenvalue weighted by Crippen LogP contribution is 2.22. The molecular weight excluding hydrogens is 304 g/mol. The number of aryl methyl sites for hydroxylation is 2. The zero-order valence-corrected chi connectivity index (χ0v) is 13.1. The molecule has 0 spiro atoms. The maximum absolute atomic E-state index is 12.3. The summed E-state index contributed by atoms with van der Waals surface area (Å²) in [5.41, 5.74) is 2.04. The van der Waals surface area contributed by atoms with Crippen LogP contribution >= 0.6 is 0 Å². The lowest BCUT2D eigenvalue weighted by Crippen LogP contribution is -2.23. The molecule has 7 heteroatoms. The first-order valence-electron chi connectivity index (χ1n) is 6.60. The predicted molar refractivity (Wildman–Crippen MR) is 83.0 cm³/mol. The van der Waals surface area contributed by atoms with Crippen LogP contribution in [0.3, 0.4) is 0 Å². The molecule has 0 fully saturated rings. The molecule has 0 aliphatic carbocycles. The predicted octanol–water partition coefficient (Wildman–Crippen LogP) is 2.69. The summed E-state index contributed by atoms with van der Waals surface area (Å²) in [4.78, 5) is 10.2. The first kappa shape index (κ1) is 16.1. The monoisotopic (exact) mass is 320 g/mol. The van der Waals surface area contributed by atoms with Crippen molar-refractivity contribution in [1.82, 2.24) is 4.72 Å². The Bertz CT molecular complexity index is 816. The van der Waals surface area contributed by atoms with Gasteiger partial charge >= 0.3 is 0 Å². The van der Waals surface area contributed by atoms with Gasteiger partial charge in [0, 0.05) is 18.2 Å². The lowest BCUT2D eigenvalue weighted by molar-refractivity contribution is -0.385.